The zero-order valence-electron chi connectivity index (χ0n) is 11.1. The molecule has 19 heavy (non-hydrogen) atoms. The average Bonchev–Trinajstić information content (AvgIpc) is 2.58. The zero-order valence-corrected chi connectivity index (χ0v) is 11.1. The van der Waals surface area contributed by atoms with Crippen LogP contribution in [0.3, 0.4) is 0 Å². The molecule has 0 amide bonds. The second kappa shape index (κ2) is 4.76. The number of aryl methyl sites for hydroxylation is 2. The van der Waals surface area contributed by atoms with Gasteiger partial charge in [-0.3, -0.25) is 0 Å². The van der Waals surface area contributed by atoms with E-state index in [1.54, 1.807) is 0 Å². The third-order valence-corrected chi connectivity index (χ3v) is 3.12. The third kappa shape index (κ3) is 2.45. The van der Waals surface area contributed by atoms with Crippen LogP contribution in [0.5, 0.6) is 0 Å². The molecule has 1 aromatic carbocycles. The van der Waals surface area contributed by atoms with Gasteiger partial charge in [0.15, 0.2) is 5.69 Å². The van der Waals surface area contributed by atoms with Crippen LogP contribution in [-0.4, -0.2) is 15.8 Å². The van der Waals surface area contributed by atoms with Gasteiger partial charge in [0.2, 0.25) is 0 Å². The molecule has 0 radical (unpaired) electrons. The van der Waals surface area contributed by atoms with E-state index in [9.17, 15) is 9.59 Å². The lowest BCUT2D eigenvalue weighted by molar-refractivity contribution is 0.0669. The van der Waals surface area contributed by atoms with Gasteiger partial charge in [0.25, 0.3) is 0 Å². The highest BCUT2D eigenvalue weighted by Gasteiger charge is 2.20. The summed E-state index contributed by atoms with van der Waals surface area (Å²) < 4.78 is 6.11. The number of nitrogens with zero attached hydrogens (tertiary/aromatic N) is 1. The number of hydrogen-bond donors (Lipinski definition) is 1. The van der Waals surface area contributed by atoms with Gasteiger partial charge in [-0.05, 0) is 31.9 Å². The number of rotatable bonds is 3. The van der Waals surface area contributed by atoms with Crippen molar-refractivity contribution in [3.05, 3.63) is 56.6 Å². The largest absolute Gasteiger partial charge is 0.476 e. The predicted octanol–water partition coefficient (Wildman–Crippen LogP) is 2.11. The van der Waals surface area contributed by atoms with Crippen LogP contribution in [0.4, 0.5) is 0 Å². The molecule has 1 N–H and O–H groups in total. The number of aromatic nitrogens is 1. The van der Waals surface area contributed by atoms with Crippen LogP contribution in [0.25, 0.3) is 0 Å². The van der Waals surface area contributed by atoms with Gasteiger partial charge in [-0.25, -0.2) is 9.59 Å². The Morgan fingerprint density at radius 1 is 1.32 bits per heavy atom. The molecule has 0 saturated heterocycles. The van der Waals surface area contributed by atoms with Crippen molar-refractivity contribution in [1.29, 1.82) is 0 Å². The van der Waals surface area contributed by atoms with E-state index in [1.807, 2.05) is 32.0 Å². The number of carbonyl (C=O) groups is 1. The number of benzene rings is 1. The van der Waals surface area contributed by atoms with Gasteiger partial charge in [-0.2, -0.15) is 4.74 Å². The third-order valence-electron chi connectivity index (χ3n) is 3.12. The molecule has 100 valence electrons. The van der Waals surface area contributed by atoms with Gasteiger partial charge in [0.1, 0.15) is 0 Å². The summed E-state index contributed by atoms with van der Waals surface area (Å²) in [6.45, 7) is 5.61. The Morgan fingerprint density at radius 2 is 2.00 bits per heavy atom. The lowest BCUT2D eigenvalue weighted by Crippen LogP contribution is -2.10. The second-order valence-corrected chi connectivity index (χ2v) is 4.62. The molecule has 0 fully saturated rings. The van der Waals surface area contributed by atoms with Gasteiger partial charge in [-0.1, -0.05) is 23.8 Å². The first-order chi connectivity index (χ1) is 8.90. The topological polar surface area (TPSA) is 72.4 Å². The van der Waals surface area contributed by atoms with Crippen molar-refractivity contribution >= 4 is 5.97 Å². The molecule has 0 saturated carbocycles. The molecule has 0 unspecified atom stereocenters. The number of carboxylic acids is 1. The van der Waals surface area contributed by atoms with Crippen LogP contribution in [-0.2, 0) is 6.54 Å². The van der Waals surface area contributed by atoms with Crippen molar-refractivity contribution in [3.8, 4) is 0 Å². The van der Waals surface area contributed by atoms with E-state index < -0.39 is 11.6 Å². The van der Waals surface area contributed by atoms with Gasteiger partial charge in [-0.15, -0.1) is 0 Å². The first kappa shape index (κ1) is 13.1. The fraction of sp³-hybridized carbons (Fsp3) is 0.286. The molecule has 5 nitrogen and oxygen atoms in total. The number of carboxylic acid groups (broad SMARTS) is 1. The smallest absolute Gasteiger partial charge is 0.361 e. The lowest BCUT2D eigenvalue weighted by atomic mass is 10.1. The van der Waals surface area contributed by atoms with E-state index in [2.05, 4.69) is 0 Å². The van der Waals surface area contributed by atoms with Crippen LogP contribution in [0.15, 0.2) is 27.5 Å². The Kier molecular flexibility index (Phi) is 3.29. The van der Waals surface area contributed by atoms with E-state index in [0.717, 1.165) is 21.4 Å². The predicted molar refractivity (Wildman–Crippen MR) is 69.7 cm³/mol. The minimum atomic E-state index is -1.16. The van der Waals surface area contributed by atoms with Crippen LogP contribution in [0.2, 0.25) is 0 Å². The first-order valence-corrected chi connectivity index (χ1v) is 5.90. The van der Waals surface area contributed by atoms with Gasteiger partial charge >= 0.3 is 11.6 Å². The second-order valence-electron chi connectivity index (χ2n) is 4.62. The summed E-state index contributed by atoms with van der Waals surface area (Å²) in [5, 5.41) is 9.13. The van der Waals surface area contributed by atoms with Crippen molar-refractivity contribution in [2.24, 2.45) is 0 Å². The molecule has 1 heterocycles. The van der Waals surface area contributed by atoms with Crippen molar-refractivity contribution in [2.45, 2.75) is 27.3 Å². The fourth-order valence-corrected chi connectivity index (χ4v) is 2.05. The fourth-order valence-electron chi connectivity index (χ4n) is 2.05. The van der Waals surface area contributed by atoms with Crippen LogP contribution >= 0.6 is 0 Å². The van der Waals surface area contributed by atoms with Crippen molar-refractivity contribution in [3.63, 3.8) is 0 Å². The van der Waals surface area contributed by atoms with Crippen LogP contribution < -0.4 is 5.63 Å². The maximum absolute atomic E-state index is 11.4. The summed E-state index contributed by atoms with van der Waals surface area (Å²) in [6.07, 6.45) is 0. The van der Waals surface area contributed by atoms with Gasteiger partial charge in [0.05, 0.1) is 12.1 Å². The maximum atomic E-state index is 11.4. The Bertz CT molecular complexity index is 694. The molecular formula is C14H15NO4. The van der Waals surface area contributed by atoms with Crippen molar-refractivity contribution in [1.82, 2.24) is 4.74 Å². The van der Waals surface area contributed by atoms with Crippen LogP contribution in [0.1, 0.15) is 32.7 Å². The molecule has 2 rings (SSSR count). The van der Waals surface area contributed by atoms with Crippen molar-refractivity contribution < 1.29 is 14.4 Å². The summed E-state index contributed by atoms with van der Waals surface area (Å²) in [6, 6.07) is 5.85. The summed E-state index contributed by atoms with van der Waals surface area (Å²) in [5.41, 5.74) is 2.51. The van der Waals surface area contributed by atoms with Gasteiger partial charge < -0.3 is 9.63 Å². The summed E-state index contributed by atoms with van der Waals surface area (Å²) >= 11 is 0. The Morgan fingerprint density at radius 3 is 2.58 bits per heavy atom. The maximum Gasteiger partial charge on any atom is 0.361 e. The Hall–Kier alpha value is -2.30. The molecule has 0 atom stereocenters. The summed E-state index contributed by atoms with van der Waals surface area (Å²) in [5.74, 6) is -1.16. The molecule has 5 heteroatoms. The van der Waals surface area contributed by atoms with E-state index in [-0.39, 0.29) is 17.8 Å². The zero-order chi connectivity index (χ0) is 14.2. The highest BCUT2D eigenvalue weighted by atomic mass is 16.5. The molecule has 0 aliphatic carbocycles. The molecule has 0 bridgehead atoms. The normalized spacial score (nSPS) is 10.7. The lowest BCUT2D eigenvalue weighted by Gasteiger charge is -2.08. The number of hydrogen-bond acceptors (Lipinski definition) is 3. The van der Waals surface area contributed by atoms with E-state index in [1.165, 1.54) is 6.92 Å². The Labute approximate surface area is 110 Å². The quantitative estimate of drug-likeness (QED) is 0.918. The van der Waals surface area contributed by atoms with E-state index in [4.69, 9.17) is 9.63 Å². The van der Waals surface area contributed by atoms with E-state index in [0.29, 0.717) is 0 Å². The number of aromatic carboxylic acids is 1. The monoisotopic (exact) mass is 261 g/mol. The molecule has 0 aliphatic rings. The first-order valence-electron chi connectivity index (χ1n) is 5.90. The Balaban J connectivity index is 2.47. The van der Waals surface area contributed by atoms with E-state index >= 15 is 0 Å². The molecule has 0 aliphatic heterocycles. The average molecular weight is 261 g/mol. The molecular weight excluding hydrogens is 246 g/mol. The summed E-state index contributed by atoms with van der Waals surface area (Å²) in [4.78, 5) is 22.6. The van der Waals surface area contributed by atoms with Crippen LogP contribution in [0, 0.1) is 20.8 Å². The van der Waals surface area contributed by atoms with Gasteiger partial charge in [0, 0.05) is 0 Å². The molecule has 0 spiro atoms. The standard InChI is InChI=1S/C14H15NO4/c1-8-4-5-11(9(2)6-8)7-15-12(13(16)17)10(3)14(18)19-15/h4-6H,7H2,1-3H3,(H,16,17). The minimum Gasteiger partial charge on any atom is -0.476 e. The highest BCUT2D eigenvalue weighted by Crippen LogP contribution is 2.14. The summed E-state index contributed by atoms with van der Waals surface area (Å²) in [7, 11) is 0. The molecule has 1 aromatic heterocycles. The molecule has 2 aromatic rings. The highest BCUT2D eigenvalue weighted by molar-refractivity contribution is 5.87. The van der Waals surface area contributed by atoms with Crippen molar-refractivity contribution in [2.75, 3.05) is 0 Å². The SMILES string of the molecule is Cc1ccc(Cn2oc(=O)c(C)c2C(=O)O)c(C)c1. The minimum absolute atomic E-state index is 0.0926.